The van der Waals surface area contributed by atoms with Gasteiger partial charge in [0, 0.05) is 48.8 Å². The van der Waals surface area contributed by atoms with Gasteiger partial charge in [0.15, 0.2) is 16.7 Å². The van der Waals surface area contributed by atoms with Crippen LogP contribution in [0.25, 0.3) is 110 Å². The zero-order chi connectivity index (χ0) is 33.9. The molecular formula is C48H28N2O2. The van der Waals surface area contributed by atoms with Crippen molar-refractivity contribution < 1.29 is 8.83 Å². The number of hydrogen-bond donors (Lipinski definition) is 0. The van der Waals surface area contributed by atoms with Crippen molar-refractivity contribution in [2.24, 2.45) is 0 Å². The lowest BCUT2D eigenvalue weighted by Crippen LogP contribution is -1.94. The van der Waals surface area contributed by atoms with E-state index in [9.17, 15) is 0 Å². The maximum atomic E-state index is 6.83. The fourth-order valence-electron chi connectivity index (χ4n) is 8.62. The normalized spacial score (nSPS) is 12.2. The molecule has 0 spiro atoms. The van der Waals surface area contributed by atoms with E-state index in [0.29, 0.717) is 0 Å². The molecule has 4 heterocycles. The van der Waals surface area contributed by atoms with Gasteiger partial charge in [0.05, 0.1) is 27.8 Å². The largest absolute Gasteiger partial charge is 0.452 e. The molecule has 0 radical (unpaired) electrons. The lowest BCUT2D eigenvalue weighted by molar-refractivity contribution is 0.632. The third kappa shape index (κ3) is 3.70. The maximum absolute atomic E-state index is 6.83. The van der Waals surface area contributed by atoms with Gasteiger partial charge in [0.2, 0.25) is 0 Å². The van der Waals surface area contributed by atoms with Crippen LogP contribution in [0.15, 0.2) is 179 Å². The van der Waals surface area contributed by atoms with E-state index < -0.39 is 0 Å². The van der Waals surface area contributed by atoms with Crippen molar-refractivity contribution in [1.29, 1.82) is 0 Å². The molecule has 0 atom stereocenters. The Balaban J connectivity index is 1.07. The number of furan rings is 2. The van der Waals surface area contributed by atoms with Gasteiger partial charge in [-0.2, -0.15) is 0 Å². The molecule has 4 heteroatoms. The van der Waals surface area contributed by atoms with Crippen molar-refractivity contribution in [1.82, 2.24) is 9.13 Å². The minimum atomic E-state index is 0.781. The number of hydrogen-bond acceptors (Lipinski definition) is 2. The Morgan fingerprint density at radius 2 is 0.827 bits per heavy atom. The van der Waals surface area contributed by atoms with Gasteiger partial charge in [-0.25, -0.2) is 0 Å². The summed E-state index contributed by atoms with van der Waals surface area (Å²) in [7, 11) is 0. The summed E-state index contributed by atoms with van der Waals surface area (Å²) in [5.41, 5.74) is 12.5. The average molecular weight is 665 g/mol. The zero-order valence-corrected chi connectivity index (χ0v) is 27.9. The predicted molar refractivity (Wildman–Crippen MR) is 215 cm³/mol. The Morgan fingerprint density at radius 3 is 1.56 bits per heavy atom. The number of nitrogens with zero attached hydrogens (tertiary/aromatic N) is 2. The highest BCUT2D eigenvalue weighted by Gasteiger charge is 2.21. The molecule has 52 heavy (non-hydrogen) atoms. The minimum Gasteiger partial charge on any atom is -0.452 e. The van der Waals surface area contributed by atoms with Gasteiger partial charge in [-0.05, 0) is 83.9 Å². The number of para-hydroxylation sites is 5. The number of rotatable bonds is 3. The van der Waals surface area contributed by atoms with E-state index in [4.69, 9.17) is 8.83 Å². The topological polar surface area (TPSA) is 36.1 Å². The standard InChI is InChI=1S/C48H28N2O2/c1-2-11-31(12-3-1)49-40-17-7-4-13-32(40)38-27-29(21-25-42(38)49)30-22-26-43-39(28-30)33-14-5-8-18-41(33)50(43)44-19-10-16-35-37-24-23-36-34-15-6-9-20-45(34)51-47(36)48(37)52-46(35)44/h1-28H. The molecule has 242 valence electrons. The molecule has 12 rings (SSSR count). The molecule has 0 aliphatic heterocycles. The summed E-state index contributed by atoms with van der Waals surface area (Å²) in [5, 5.41) is 9.18. The van der Waals surface area contributed by atoms with Crippen LogP contribution in [0.4, 0.5) is 0 Å². The maximum Gasteiger partial charge on any atom is 0.178 e. The van der Waals surface area contributed by atoms with E-state index in [-0.39, 0.29) is 0 Å². The molecule has 0 unspecified atom stereocenters. The van der Waals surface area contributed by atoms with Crippen molar-refractivity contribution in [3.63, 3.8) is 0 Å². The first kappa shape index (κ1) is 27.7. The molecule has 0 amide bonds. The Bertz CT molecular complexity index is 3410. The van der Waals surface area contributed by atoms with E-state index in [1.807, 2.05) is 12.1 Å². The second-order valence-corrected chi connectivity index (χ2v) is 13.7. The number of fused-ring (bicyclic) bond motifs is 13. The fourth-order valence-corrected chi connectivity index (χ4v) is 8.62. The number of benzene rings is 8. The molecule has 8 aromatic carbocycles. The van der Waals surface area contributed by atoms with E-state index >= 15 is 0 Å². The van der Waals surface area contributed by atoms with Crippen molar-refractivity contribution in [3.05, 3.63) is 170 Å². The summed E-state index contributed by atoms with van der Waals surface area (Å²) in [6.45, 7) is 0. The second-order valence-electron chi connectivity index (χ2n) is 13.7. The lowest BCUT2D eigenvalue weighted by Gasteiger charge is -2.10. The van der Waals surface area contributed by atoms with Crippen LogP contribution in [-0.4, -0.2) is 9.13 Å². The van der Waals surface area contributed by atoms with Crippen LogP contribution in [-0.2, 0) is 0 Å². The molecule has 0 fully saturated rings. The molecular weight excluding hydrogens is 637 g/mol. The average Bonchev–Trinajstić information content (AvgIpc) is 3.95. The molecule has 0 saturated carbocycles. The molecule has 0 saturated heterocycles. The third-order valence-corrected chi connectivity index (χ3v) is 10.9. The highest BCUT2D eigenvalue weighted by Crippen LogP contribution is 2.43. The SMILES string of the molecule is c1ccc(-n2c3ccccc3c3cc(-c4ccc5c(c4)c4ccccc4n5-c4cccc5c4oc4c5ccc5c6ccccc6oc54)ccc32)cc1. The molecule has 4 nitrogen and oxygen atoms in total. The molecule has 0 aliphatic rings. The Kier molecular flexibility index (Phi) is 5.47. The van der Waals surface area contributed by atoms with Crippen molar-refractivity contribution in [3.8, 4) is 22.5 Å². The summed E-state index contributed by atoms with van der Waals surface area (Å²) in [4.78, 5) is 0. The van der Waals surface area contributed by atoms with Crippen molar-refractivity contribution >= 4 is 87.5 Å². The van der Waals surface area contributed by atoms with Gasteiger partial charge < -0.3 is 18.0 Å². The third-order valence-electron chi connectivity index (χ3n) is 10.9. The Morgan fingerprint density at radius 1 is 0.308 bits per heavy atom. The second kappa shape index (κ2) is 10.3. The number of aromatic nitrogens is 2. The van der Waals surface area contributed by atoms with Crippen LogP contribution in [0.3, 0.4) is 0 Å². The summed E-state index contributed by atoms with van der Waals surface area (Å²) in [5.74, 6) is 0. The fraction of sp³-hybridized carbons (Fsp3) is 0. The lowest BCUT2D eigenvalue weighted by atomic mass is 10.0. The first-order valence-electron chi connectivity index (χ1n) is 17.7. The first-order chi connectivity index (χ1) is 25.8. The highest BCUT2D eigenvalue weighted by molar-refractivity contribution is 6.20. The first-order valence-corrected chi connectivity index (χ1v) is 17.7. The molecule has 0 N–H and O–H groups in total. The quantitative estimate of drug-likeness (QED) is 0.188. The van der Waals surface area contributed by atoms with Gasteiger partial charge in [-0.15, -0.1) is 0 Å². The Labute approximate surface area is 296 Å². The highest BCUT2D eigenvalue weighted by atomic mass is 16.4. The van der Waals surface area contributed by atoms with E-state index in [1.54, 1.807) is 0 Å². The van der Waals surface area contributed by atoms with Gasteiger partial charge in [-0.3, -0.25) is 0 Å². The van der Waals surface area contributed by atoms with Crippen LogP contribution in [0, 0.1) is 0 Å². The molecule has 12 aromatic rings. The van der Waals surface area contributed by atoms with Crippen LogP contribution in [0.1, 0.15) is 0 Å². The summed E-state index contributed by atoms with van der Waals surface area (Å²) in [6.07, 6.45) is 0. The monoisotopic (exact) mass is 664 g/mol. The van der Waals surface area contributed by atoms with Gasteiger partial charge in [0.1, 0.15) is 5.58 Å². The molecule has 0 bridgehead atoms. The minimum absolute atomic E-state index is 0.781. The van der Waals surface area contributed by atoms with Crippen molar-refractivity contribution in [2.45, 2.75) is 0 Å². The summed E-state index contributed by atoms with van der Waals surface area (Å²) < 4.78 is 17.9. The van der Waals surface area contributed by atoms with Crippen molar-refractivity contribution in [2.75, 3.05) is 0 Å². The van der Waals surface area contributed by atoms with Crippen LogP contribution >= 0.6 is 0 Å². The zero-order valence-electron chi connectivity index (χ0n) is 27.9. The smallest absolute Gasteiger partial charge is 0.178 e. The molecule has 0 aliphatic carbocycles. The van der Waals surface area contributed by atoms with Crippen LogP contribution in [0.5, 0.6) is 0 Å². The van der Waals surface area contributed by atoms with Gasteiger partial charge in [0.25, 0.3) is 0 Å². The van der Waals surface area contributed by atoms with Gasteiger partial charge in [-0.1, -0.05) is 97.1 Å². The summed E-state index contributed by atoms with van der Waals surface area (Å²) >= 11 is 0. The van der Waals surface area contributed by atoms with Crippen LogP contribution < -0.4 is 0 Å². The summed E-state index contributed by atoms with van der Waals surface area (Å²) in [6, 6.07) is 60.7. The van der Waals surface area contributed by atoms with Gasteiger partial charge >= 0.3 is 0 Å². The predicted octanol–water partition coefficient (Wildman–Crippen LogP) is 13.3. The van der Waals surface area contributed by atoms with E-state index in [0.717, 1.165) is 66.3 Å². The van der Waals surface area contributed by atoms with E-state index in [2.05, 4.69) is 167 Å². The Hall–Kier alpha value is -7.04. The van der Waals surface area contributed by atoms with E-state index in [1.165, 1.54) is 43.7 Å². The molecule has 4 aromatic heterocycles. The van der Waals surface area contributed by atoms with Crippen LogP contribution in [0.2, 0.25) is 0 Å².